The highest BCUT2D eigenvalue weighted by atomic mass is 35.5. The Kier molecular flexibility index (Phi) is 5.21. The molecule has 1 aromatic rings. The van der Waals surface area contributed by atoms with Gasteiger partial charge >= 0.3 is 0 Å². The first kappa shape index (κ1) is 17.4. The van der Waals surface area contributed by atoms with Gasteiger partial charge in [-0.15, -0.1) is 12.4 Å². The lowest BCUT2D eigenvalue weighted by Gasteiger charge is -2.43. The normalized spacial score (nSPS) is 30.4. The van der Waals surface area contributed by atoms with Crippen molar-refractivity contribution in [2.24, 2.45) is 23.5 Å². The van der Waals surface area contributed by atoms with Gasteiger partial charge in [0.15, 0.2) is 11.5 Å². The summed E-state index contributed by atoms with van der Waals surface area (Å²) in [6.07, 6.45) is 5.54. The zero-order valence-corrected chi connectivity index (χ0v) is 14.5. The maximum absolute atomic E-state index is 12.5. The van der Waals surface area contributed by atoms with Gasteiger partial charge in [-0.3, -0.25) is 4.79 Å². The number of carbonyl (C=O) groups excluding carboxylic acids is 1. The van der Waals surface area contributed by atoms with Crippen molar-refractivity contribution in [1.29, 1.82) is 0 Å². The van der Waals surface area contributed by atoms with E-state index in [9.17, 15) is 4.79 Å². The molecule has 2 atom stereocenters. The molecule has 4 rings (SSSR count). The second-order valence-corrected chi connectivity index (χ2v) is 7.10. The number of rotatable bonds is 3. The minimum atomic E-state index is 0. The molecule has 2 aliphatic carbocycles. The van der Waals surface area contributed by atoms with Gasteiger partial charge in [-0.25, -0.2) is 0 Å². The minimum absolute atomic E-state index is 0. The highest BCUT2D eigenvalue weighted by Gasteiger charge is 2.40. The van der Waals surface area contributed by atoms with Gasteiger partial charge in [0.2, 0.25) is 12.7 Å². The molecule has 2 saturated carbocycles. The maximum Gasteiger partial charge on any atom is 0.231 e. The van der Waals surface area contributed by atoms with E-state index >= 15 is 0 Å². The van der Waals surface area contributed by atoms with Crippen molar-refractivity contribution in [3.8, 4) is 11.5 Å². The quantitative estimate of drug-likeness (QED) is 0.877. The van der Waals surface area contributed by atoms with Gasteiger partial charge < -0.3 is 20.5 Å². The number of nitrogens with one attached hydrogen (secondary N) is 1. The third kappa shape index (κ3) is 3.33. The first-order valence-corrected chi connectivity index (χ1v) is 8.62. The molecule has 2 unspecified atom stereocenters. The smallest absolute Gasteiger partial charge is 0.231 e. The third-order valence-corrected chi connectivity index (χ3v) is 5.69. The molecule has 0 saturated heterocycles. The van der Waals surface area contributed by atoms with Crippen molar-refractivity contribution in [2.45, 2.75) is 44.7 Å². The summed E-state index contributed by atoms with van der Waals surface area (Å²) in [6.45, 7) is 0.809. The van der Waals surface area contributed by atoms with Gasteiger partial charge in [0.1, 0.15) is 0 Å². The van der Waals surface area contributed by atoms with Crippen LogP contribution in [0, 0.1) is 17.8 Å². The number of amides is 1. The maximum atomic E-state index is 12.5. The fourth-order valence-electron chi connectivity index (χ4n) is 4.39. The van der Waals surface area contributed by atoms with Crippen molar-refractivity contribution in [3.05, 3.63) is 23.8 Å². The lowest BCUT2D eigenvalue weighted by Crippen LogP contribution is -2.49. The lowest BCUT2D eigenvalue weighted by molar-refractivity contribution is -0.128. The molecule has 2 fully saturated rings. The van der Waals surface area contributed by atoms with Crippen LogP contribution < -0.4 is 20.5 Å². The molecular formula is C18H25ClN2O3. The van der Waals surface area contributed by atoms with E-state index < -0.39 is 0 Å². The molecule has 2 bridgehead atoms. The topological polar surface area (TPSA) is 73.6 Å². The number of halogens is 1. The molecule has 0 spiro atoms. The Hall–Kier alpha value is -1.46. The van der Waals surface area contributed by atoms with Crippen LogP contribution in [0.4, 0.5) is 0 Å². The highest BCUT2D eigenvalue weighted by molar-refractivity contribution is 5.85. The summed E-state index contributed by atoms with van der Waals surface area (Å²) in [5.74, 6) is 2.89. The van der Waals surface area contributed by atoms with Crippen molar-refractivity contribution < 1.29 is 14.3 Å². The van der Waals surface area contributed by atoms with Crippen LogP contribution in [0.25, 0.3) is 0 Å². The van der Waals surface area contributed by atoms with Gasteiger partial charge in [0, 0.05) is 18.5 Å². The number of hydrogen-bond donors (Lipinski definition) is 2. The van der Waals surface area contributed by atoms with Crippen molar-refractivity contribution in [2.75, 3.05) is 6.79 Å². The van der Waals surface area contributed by atoms with Crippen LogP contribution in [0.1, 0.15) is 37.7 Å². The van der Waals surface area contributed by atoms with Gasteiger partial charge in [-0.05, 0) is 55.2 Å². The summed E-state index contributed by atoms with van der Waals surface area (Å²) < 4.78 is 10.7. The highest BCUT2D eigenvalue weighted by Crippen LogP contribution is 2.42. The predicted octanol–water partition coefficient (Wildman–Crippen LogP) is 2.61. The number of ether oxygens (including phenoxy) is 2. The number of carbonyl (C=O) groups is 1. The number of hydrogen-bond acceptors (Lipinski definition) is 4. The van der Waals surface area contributed by atoms with E-state index in [-0.39, 0.29) is 31.0 Å². The number of nitrogens with two attached hydrogens (primary N) is 1. The monoisotopic (exact) mass is 352 g/mol. The Morgan fingerprint density at radius 1 is 1.17 bits per heavy atom. The van der Waals surface area contributed by atoms with Gasteiger partial charge in [-0.2, -0.15) is 0 Å². The summed E-state index contributed by atoms with van der Waals surface area (Å²) >= 11 is 0. The second-order valence-electron chi connectivity index (χ2n) is 7.10. The summed E-state index contributed by atoms with van der Waals surface area (Å²) in [5, 5.41) is 3.09. The Morgan fingerprint density at radius 2 is 1.88 bits per heavy atom. The van der Waals surface area contributed by atoms with Crippen molar-refractivity contribution in [3.63, 3.8) is 0 Å². The Labute approximate surface area is 148 Å². The summed E-state index contributed by atoms with van der Waals surface area (Å²) in [7, 11) is 0. The van der Waals surface area contributed by atoms with Gasteiger partial charge in [-0.1, -0.05) is 12.5 Å². The van der Waals surface area contributed by atoms with Crippen LogP contribution in [0.3, 0.4) is 0 Å². The van der Waals surface area contributed by atoms with E-state index in [1.165, 1.54) is 19.3 Å². The van der Waals surface area contributed by atoms with Crippen LogP contribution in [0.5, 0.6) is 11.5 Å². The number of fused-ring (bicyclic) bond motifs is 3. The zero-order chi connectivity index (χ0) is 15.8. The molecule has 3 N–H and O–H groups in total. The zero-order valence-electron chi connectivity index (χ0n) is 13.7. The molecule has 5 nitrogen and oxygen atoms in total. The molecule has 132 valence electrons. The standard InChI is InChI=1S/C18H24N2O3.ClH/c19-17-12-2-1-3-13(17)8-14(7-12)18(21)20-9-11-4-5-15-16(6-11)23-10-22-15;/h4-6,12-14,17H,1-3,7-10,19H2,(H,20,21);1H. The molecule has 3 aliphatic rings. The van der Waals surface area contributed by atoms with Gasteiger partial charge in [0.25, 0.3) is 0 Å². The van der Waals surface area contributed by atoms with Crippen LogP contribution in [-0.2, 0) is 11.3 Å². The third-order valence-electron chi connectivity index (χ3n) is 5.69. The van der Waals surface area contributed by atoms with Crippen LogP contribution in [-0.4, -0.2) is 18.7 Å². The van der Waals surface area contributed by atoms with Crippen molar-refractivity contribution >= 4 is 18.3 Å². The fourth-order valence-corrected chi connectivity index (χ4v) is 4.39. The Balaban J connectivity index is 0.00000169. The van der Waals surface area contributed by atoms with E-state index in [4.69, 9.17) is 15.2 Å². The average Bonchev–Trinajstić information content (AvgIpc) is 3.00. The average molecular weight is 353 g/mol. The lowest BCUT2D eigenvalue weighted by atomic mass is 9.65. The van der Waals surface area contributed by atoms with Crippen LogP contribution >= 0.6 is 12.4 Å². The summed E-state index contributed by atoms with van der Waals surface area (Å²) in [4.78, 5) is 12.5. The summed E-state index contributed by atoms with van der Waals surface area (Å²) in [5.41, 5.74) is 7.34. The van der Waals surface area contributed by atoms with E-state index in [1.54, 1.807) is 0 Å². The molecule has 1 aromatic carbocycles. The first-order chi connectivity index (χ1) is 11.2. The van der Waals surface area contributed by atoms with E-state index in [0.717, 1.165) is 29.9 Å². The molecule has 24 heavy (non-hydrogen) atoms. The van der Waals surface area contributed by atoms with Crippen LogP contribution in [0.15, 0.2) is 18.2 Å². The number of benzene rings is 1. The first-order valence-electron chi connectivity index (χ1n) is 8.62. The molecule has 0 radical (unpaired) electrons. The minimum Gasteiger partial charge on any atom is -0.454 e. The van der Waals surface area contributed by atoms with E-state index in [2.05, 4.69) is 5.32 Å². The summed E-state index contributed by atoms with van der Waals surface area (Å²) in [6, 6.07) is 6.11. The predicted molar refractivity (Wildman–Crippen MR) is 93.2 cm³/mol. The molecule has 1 amide bonds. The molecule has 1 aliphatic heterocycles. The molecular weight excluding hydrogens is 328 g/mol. The second kappa shape index (κ2) is 7.19. The Bertz CT molecular complexity index is 596. The fraction of sp³-hybridized carbons (Fsp3) is 0.611. The van der Waals surface area contributed by atoms with E-state index in [0.29, 0.717) is 24.4 Å². The van der Waals surface area contributed by atoms with Gasteiger partial charge in [0.05, 0.1) is 0 Å². The van der Waals surface area contributed by atoms with Crippen molar-refractivity contribution in [1.82, 2.24) is 5.32 Å². The molecule has 0 aromatic heterocycles. The SMILES string of the molecule is Cl.NC1C2CCCC1CC(C(=O)NCc1ccc3c(c1)OCO3)C2. The van der Waals surface area contributed by atoms with E-state index in [1.807, 2.05) is 18.2 Å². The Morgan fingerprint density at radius 3 is 2.62 bits per heavy atom. The van der Waals surface area contributed by atoms with Crippen LogP contribution in [0.2, 0.25) is 0 Å². The molecule has 6 heteroatoms. The molecule has 1 heterocycles. The largest absolute Gasteiger partial charge is 0.454 e.